The minimum absolute atomic E-state index is 0.00658. The summed E-state index contributed by atoms with van der Waals surface area (Å²) in [6.07, 6.45) is 1.39. The summed E-state index contributed by atoms with van der Waals surface area (Å²) >= 11 is 0. The van der Waals surface area contributed by atoms with Crippen molar-refractivity contribution in [2.45, 2.75) is 75.9 Å². The molecule has 12 heteroatoms. The Bertz CT molecular complexity index is 1770. The molecule has 0 bridgehead atoms. The van der Waals surface area contributed by atoms with E-state index in [1.54, 1.807) is 18.2 Å². The van der Waals surface area contributed by atoms with Gasteiger partial charge in [0.15, 0.2) is 0 Å². The van der Waals surface area contributed by atoms with Gasteiger partial charge in [-0.25, -0.2) is 4.98 Å². The van der Waals surface area contributed by atoms with E-state index in [0.717, 1.165) is 68.9 Å². The van der Waals surface area contributed by atoms with Crippen LogP contribution in [0, 0.1) is 0 Å². The number of anilines is 3. The second kappa shape index (κ2) is 16.8. The number of carbonyl (C=O) groups excluding carboxylic acids is 1. The van der Waals surface area contributed by atoms with E-state index in [1.165, 1.54) is 7.11 Å². The topological polar surface area (TPSA) is 85.9 Å². The Morgan fingerprint density at radius 3 is 2.17 bits per heavy atom. The van der Waals surface area contributed by atoms with E-state index in [4.69, 9.17) is 4.74 Å². The van der Waals surface area contributed by atoms with Crippen LogP contribution < -0.4 is 20.3 Å². The Labute approximate surface area is 304 Å². The number of hydrogen-bond donors (Lipinski definition) is 2. The predicted molar refractivity (Wildman–Crippen MR) is 198 cm³/mol. The molecule has 1 amide bonds. The van der Waals surface area contributed by atoms with Gasteiger partial charge in [0.25, 0.3) is 5.91 Å². The first-order valence-corrected chi connectivity index (χ1v) is 18.0. The van der Waals surface area contributed by atoms with Gasteiger partial charge in [0, 0.05) is 43.0 Å². The zero-order valence-electron chi connectivity index (χ0n) is 30.1. The van der Waals surface area contributed by atoms with Crippen LogP contribution in [-0.4, -0.2) is 78.1 Å². The van der Waals surface area contributed by atoms with Crippen molar-refractivity contribution in [3.8, 4) is 5.75 Å². The van der Waals surface area contributed by atoms with Crippen LogP contribution in [0.5, 0.6) is 5.75 Å². The molecule has 2 N–H and O–H groups in total. The molecule has 1 aromatic heterocycles. The van der Waals surface area contributed by atoms with Crippen molar-refractivity contribution in [1.29, 1.82) is 0 Å². The lowest BCUT2D eigenvalue weighted by Crippen LogP contribution is -2.52. The number of rotatable bonds is 12. The molecule has 0 spiro atoms. The number of likely N-dealkylation sites (tertiary alicyclic amines) is 1. The second-order valence-electron chi connectivity index (χ2n) is 14.0. The molecule has 1 saturated heterocycles. The number of aromatic nitrogens is 2. The summed E-state index contributed by atoms with van der Waals surface area (Å²) in [5, 5.41) is 6.20. The first-order valence-electron chi connectivity index (χ1n) is 18.0. The summed E-state index contributed by atoms with van der Waals surface area (Å²) in [6, 6.07) is 24.5. The highest BCUT2D eigenvalue weighted by atomic mass is 19.4. The van der Waals surface area contributed by atoms with E-state index in [1.807, 2.05) is 53.4 Å². The van der Waals surface area contributed by atoms with Crippen molar-refractivity contribution in [2.75, 3.05) is 44.5 Å². The first kappa shape index (κ1) is 37.1. The smallest absolute Gasteiger partial charge is 0.421 e. The minimum Gasteiger partial charge on any atom is -0.495 e. The Morgan fingerprint density at radius 1 is 0.904 bits per heavy atom. The highest BCUT2D eigenvalue weighted by Crippen LogP contribution is 2.40. The molecule has 2 fully saturated rings. The fourth-order valence-corrected chi connectivity index (χ4v) is 7.42. The number of methoxy groups -OCH3 is 1. The summed E-state index contributed by atoms with van der Waals surface area (Å²) < 4.78 is 50.2. The van der Waals surface area contributed by atoms with Crippen LogP contribution in [0.2, 0.25) is 0 Å². The molecule has 1 saturated carbocycles. The molecular formula is C40H48F3N7O2. The van der Waals surface area contributed by atoms with Gasteiger partial charge in [0.05, 0.1) is 12.8 Å². The molecule has 2 aliphatic rings. The number of ether oxygens (including phenoxy) is 1. The monoisotopic (exact) mass is 715 g/mol. The molecule has 2 atom stereocenters. The van der Waals surface area contributed by atoms with Gasteiger partial charge in [-0.3, -0.25) is 9.69 Å². The van der Waals surface area contributed by atoms with E-state index in [9.17, 15) is 18.0 Å². The second-order valence-corrected chi connectivity index (χ2v) is 14.0. The molecule has 4 aromatic rings. The zero-order valence-corrected chi connectivity index (χ0v) is 30.1. The van der Waals surface area contributed by atoms with E-state index >= 15 is 0 Å². The van der Waals surface area contributed by atoms with E-state index < -0.39 is 11.7 Å². The minimum atomic E-state index is -4.69. The molecule has 6 rings (SSSR count). The third-order valence-electron chi connectivity index (χ3n) is 10.2. The number of nitrogens with one attached hydrogen (secondary N) is 2. The van der Waals surface area contributed by atoms with Gasteiger partial charge in [-0.2, -0.15) is 18.2 Å². The van der Waals surface area contributed by atoms with Crippen molar-refractivity contribution >= 4 is 23.4 Å². The van der Waals surface area contributed by atoms with Crippen molar-refractivity contribution in [1.82, 2.24) is 25.1 Å². The van der Waals surface area contributed by atoms with Gasteiger partial charge in [0.2, 0.25) is 5.95 Å². The molecule has 52 heavy (non-hydrogen) atoms. The number of likely N-dealkylation sites (N-methyl/N-ethyl adjacent to an activating group) is 1. The SMILES string of the molecule is COc1cc(C(=O)NC2CCN(C)CC2)ccc1Nc1ncc(C(F)(F)F)c(N(Cc2ccccc2)C2CCCC[C@H]2N(C)Cc2ccccc2)n1. The van der Waals surface area contributed by atoms with Gasteiger partial charge < -0.3 is 25.2 Å². The number of alkyl halides is 3. The quantitative estimate of drug-likeness (QED) is 0.156. The summed E-state index contributed by atoms with van der Waals surface area (Å²) in [6.45, 7) is 2.75. The van der Waals surface area contributed by atoms with Crippen LogP contribution >= 0.6 is 0 Å². The molecular weight excluding hydrogens is 667 g/mol. The van der Waals surface area contributed by atoms with Crippen molar-refractivity contribution in [3.05, 3.63) is 107 Å². The standard InChI is InChI=1S/C40H48F3N7O2/c1-48-22-20-31(21-23-48)45-38(51)30-18-19-33(36(24-30)52-3)46-39-44-25-32(40(41,42)43)37(47-39)50(27-29-14-8-5-9-15-29)35-17-11-10-16-34(35)49(2)26-28-12-6-4-7-13-28/h4-9,12-15,18-19,24-25,31,34-35H,10-11,16-17,20-23,26-27H2,1-3H3,(H,45,51)(H,44,46,47)/t34-,35?/m1/s1. The fraction of sp³-hybridized carbons (Fsp3) is 0.425. The lowest BCUT2D eigenvalue weighted by atomic mass is 9.87. The Kier molecular flexibility index (Phi) is 12.0. The van der Waals surface area contributed by atoms with E-state index in [0.29, 0.717) is 23.5 Å². The zero-order chi connectivity index (χ0) is 36.7. The normalized spacial score (nSPS) is 18.6. The Hall–Kier alpha value is -4.68. The maximum atomic E-state index is 14.8. The third-order valence-corrected chi connectivity index (χ3v) is 10.2. The van der Waals surface area contributed by atoms with Crippen molar-refractivity contribution in [3.63, 3.8) is 0 Å². The highest BCUT2D eigenvalue weighted by Gasteiger charge is 2.41. The van der Waals surface area contributed by atoms with Crippen LogP contribution in [0.25, 0.3) is 0 Å². The average Bonchev–Trinajstić information content (AvgIpc) is 3.15. The molecule has 3 aromatic carbocycles. The Morgan fingerprint density at radius 2 is 1.54 bits per heavy atom. The summed E-state index contributed by atoms with van der Waals surface area (Å²) in [7, 11) is 5.60. The summed E-state index contributed by atoms with van der Waals surface area (Å²) in [4.78, 5) is 28.2. The number of piperidine rings is 1. The number of carbonyl (C=O) groups is 1. The average molecular weight is 716 g/mol. The van der Waals surface area contributed by atoms with Crippen LogP contribution in [-0.2, 0) is 19.3 Å². The molecule has 1 unspecified atom stereocenters. The van der Waals surface area contributed by atoms with Gasteiger partial charge in [-0.1, -0.05) is 73.5 Å². The molecule has 9 nitrogen and oxygen atoms in total. The first-order chi connectivity index (χ1) is 25.1. The van der Waals surface area contributed by atoms with Crippen molar-refractivity contribution < 1.29 is 22.7 Å². The molecule has 276 valence electrons. The van der Waals surface area contributed by atoms with Crippen LogP contribution in [0.4, 0.5) is 30.6 Å². The lowest BCUT2D eigenvalue weighted by molar-refractivity contribution is -0.137. The maximum absolute atomic E-state index is 14.8. The van der Waals surface area contributed by atoms with Crippen molar-refractivity contribution in [2.24, 2.45) is 0 Å². The molecule has 0 radical (unpaired) electrons. The summed E-state index contributed by atoms with van der Waals surface area (Å²) in [5.41, 5.74) is 1.99. The number of hydrogen-bond acceptors (Lipinski definition) is 8. The van der Waals surface area contributed by atoms with Gasteiger partial charge in [-0.15, -0.1) is 0 Å². The van der Waals surface area contributed by atoms with Gasteiger partial charge in [0.1, 0.15) is 17.1 Å². The van der Waals surface area contributed by atoms with Crippen LogP contribution in [0.3, 0.4) is 0 Å². The molecule has 1 aliphatic carbocycles. The maximum Gasteiger partial charge on any atom is 0.421 e. The van der Waals surface area contributed by atoms with E-state index in [-0.39, 0.29) is 42.3 Å². The summed E-state index contributed by atoms with van der Waals surface area (Å²) in [5.74, 6) is -0.0414. The number of amides is 1. The number of benzene rings is 3. The van der Waals surface area contributed by atoms with Gasteiger partial charge in [-0.05, 0) is 82.2 Å². The van der Waals surface area contributed by atoms with Crippen LogP contribution in [0.1, 0.15) is 65.6 Å². The third kappa shape index (κ3) is 9.21. The predicted octanol–water partition coefficient (Wildman–Crippen LogP) is 7.52. The fourth-order valence-electron chi connectivity index (χ4n) is 7.42. The largest absolute Gasteiger partial charge is 0.495 e. The highest BCUT2D eigenvalue weighted by molar-refractivity contribution is 5.95. The van der Waals surface area contributed by atoms with Gasteiger partial charge >= 0.3 is 6.18 Å². The Balaban J connectivity index is 1.32. The van der Waals surface area contributed by atoms with Crippen LogP contribution in [0.15, 0.2) is 85.1 Å². The van der Waals surface area contributed by atoms with E-state index in [2.05, 4.69) is 56.6 Å². The number of nitrogens with zero attached hydrogens (tertiary/aromatic N) is 5. The molecule has 1 aliphatic heterocycles. The number of halogens is 3. The lowest BCUT2D eigenvalue weighted by Gasteiger charge is -2.45. The molecule has 2 heterocycles.